The molecule has 0 aromatic heterocycles. The van der Waals surface area contributed by atoms with E-state index in [9.17, 15) is 9.90 Å². The standard InChI is InChI=1S/C12H23NO3/c1-12(2,3)16-11(15)10(14)8-9-4-6-13-7-5-9/h9-10,13-14H,4-8H2,1-3H3. The van der Waals surface area contributed by atoms with Crippen LogP contribution in [0, 0.1) is 5.92 Å². The number of ether oxygens (including phenoxy) is 1. The number of aliphatic hydroxyl groups excluding tert-OH is 1. The van der Waals surface area contributed by atoms with Crippen LogP contribution < -0.4 is 5.32 Å². The Bertz CT molecular complexity index is 229. The lowest BCUT2D eigenvalue weighted by atomic mass is 9.92. The Morgan fingerprint density at radius 3 is 2.50 bits per heavy atom. The number of nitrogens with one attached hydrogen (secondary N) is 1. The summed E-state index contributed by atoms with van der Waals surface area (Å²) in [5, 5.41) is 13.0. The van der Waals surface area contributed by atoms with Crippen LogP contribution in [-0.4, -0.2) is 35.9 Å². The highest BCUT2D eigenvalue weighted by Gasteiger charge is 2.26. The number of hydrogen-bond donors (Lipinski definition) is 2. The summed E-state index contributed by atoms with van der Waals surface area (Å²) in [7, 11) is 0. The molecule has 0 aromatic carbocycles. The Kier molecular flexibility index (Phi) is 4.74. The molecule has 0 aromatic rings. The minimum Gasteiger partial charge on any atom is -0.458 e. The zero-order valence-corrected chi connectivity index (χ0v) is 10.5. The van der Waals surface area contributed by atoms with Crippen LogP contribution in [0.25, 0.3) is 0 Å². The molecule has 0 spiro atoms. The summed E-state index contributed by atoms with van der Waals surface area (Å²) in [6.07, 6.45) is 1.61. The van der Waals surface area contributed by atoms with E-state index in [1.165, 1.54) is 0 Å². The molecule has 16 heavy (non-hydrogen) atoms. The van der Waals surface area contributed by atoms with Gasteiger partial charge in [-0.25, -0.2) is 4.79 Å². The molecule has 0 radical (unpaired) electrons. The van der Waals surface area contributed by atoms with Gasteiger partial charge in [0.05, 0.1) is 0 Å². The topological polar surface area (TPSA) is 58.6 Å². The van der Waals surface area contributed by atoms with Crippen LogP contribution in [0.15, 0.2) is 0 Å². The molecule has 1 rings (SSSR count). The van der Waals surface area contributed by atoms with Gasteiger partial charge in [0.1, 0.15) is 5.60 Å². The average Bonchev–Trinajstić information content (AvgIpc) is 2.16. The molecular weight excluding hydrogens is 206 g/mol. The van der Waals surface area contributed by atoms with Gasteiger partial charge in [-0.15, -0.1) is 0 Å². The van der Waals surface area contributed by atoms with Crippen molar-refractivity contribution in [2.75, 3.05) is 13.1 Å². The molecule has 1 heterocycles. The maximum Gasteiger partial charge on any atom is 0.335 e. The van der Waals surface area contributed by atoms with Crippen molar-refractivity contribution in [2.24, 2.45) is 5.92 Å². The van der Waals surface area contributed by atoms with E-state index >= 15 is 0 Å². The number of hydrogen-bond acceptors (Lipinski definition) is 4. The van der Waals surface area contributed by atoms with Crippen molar-refractivity contribution in [3.8, 4) is 0 Å². The Morgan fingerprint density at radius 2 is 2.00 bits per heavy atom. The number of aliphatic hydroxyl groups is 1. The summed E-state index contributed by atoms with van der Waals surface area (Å²) in [6, 6.07) is 0. The lowest BCUT2D eigenvalue weighted by Gasteiger charge is -2.26. The molecule has 0 bridgehead atoms. The van der Waals surface area contributed by atoms with Crippen molar-refractivity contribution in [1.29, 1.82) is 0 Å². The van der Waals surface area contributed by atoms with Gasteiger partial charge in [0.25, 0.3) is 0 Å². The summed E-state index contributed by atoms with van der Waals surface area (Å²) in [6.45, 7) is 7.38. The predicted molar refractivity (Wildman–Crippen MR) is 62.1 cm³/mol. The van der Waals surface area contributed by atoms with Gasteiger partial charge in [-0.2, -0.15) is 0 Å². The third kappa shape index (κ3) is 4.94. The molecule has 4 heteroatoms. The van der Waals surface area contributed by atoms with Gasteiger partial charge in [-0.1, -0.05) is 0 Å². The van der Waals surface area contributed by atoms with Crippen molar-refractivity contribution < 1.29 is 14.6 Å². The van der Waals surface area contributed by atoms with Crippen molar-refractivity contribution in [3.05, 3.63) is 0 Å². The highest BCUT2D eigenvalue weighted by molar-refractivity contribution is 5.74. The Balaban J connectivity index is 2.33. The summed E-state index contributed by atoms with van der Waals surface area (Å²) in [4.78, 5) is 11.5. The van der Waals surface area contributed by atoms with E-state index in [0.29, 0.717) is 12.3 Å². The van der Waals surface area contributed by atoms with Crippen molar-refractivity contribution in [1.82, 2.24) is 5.32 Å². The van der Waals surface area contributed by atoms with E-state index in [2.05, 4.69) is 5.32 Å². The molecule has 2 N–H and O–H groups in total. The molecule has 1 saturated heterocycles. The quantitative estimate of drug-likeness (QED) is 0.711. The molecule has 1 atom stereocenters. The molecular formula is C12H23NO3. The second kappa shape index (κ2) is 5.64. The number of carbonyl (C=O) groups is 1. The minimum atomic E-state index is -0.970. The van der Waals surface area contributed by atoms with Crippen molar-refractivity contribution in [2.45, 2.75) is 51.7 Å². The molecule has 0 aliphatic carbocycles. The highest BCUT2D eigenvalue weighted by atomic mass is 16.6. The van der Waals surface area contributed by atoms with E-state index in [1.807, 2.05) is 20.8 Å². The van der Waals surface area contributed by atoms with E-state index in [-0.39, 0.29) is 0 Å². The summed E-state index contributed by atoms with van der Waals surface area (Å²) < 4.78 is 5.14. The number of carbonyl (C=O) groups excluding carboxylic acids is 1. The van der Waals surface area contributed by atoms with E-state index < -0.39 is 17.7 Å². The van der Waals surface area contributed by atoms with Crippen molar-refractivity contribution in [3.63, 3.8) is 0 Å². The molecule has 1 unspecified atom stereocenters. The normalized spacial score (nSPS) is 20.5. The van der Waals surface area contributed by atoms with Crippen LogP contribution in [0.3, 0.4) is 0 Å². The lowest BCUT2D eigenvalue weighted by Crippen LogP contribution is -2.35. The SMILES string of the molecule is CC(C)(C)OC(=O)C(O)CC1CCNCC1. The molecule has 0 saturated carbocycles. The van der Waals surface area contributed by atoms with Gasteiger partial charge in [-0.05, 0) is 59.0 Å². The van der Waals surface area contributed by atoms with E-state index in [1.54, 1.807) is 0 Å². The molecule has 94 valence electrons. The fraction of sp³-hybridized carbons (Fsp3) is 0.917. The largest absolute Gasteiger partial charge is 0.458 e. The van der Waals surface area contributed by atoms with Gasteiger partial charge < -0.3 is 15.2 Å². The second-order valence-electron chi connectivity index (χ2n) is 5.48. The smallest absolute Gasteiger partial charge is 0.335 e. The minimum absolute atomic E-state index is 0.434. The van der Waals surface area contributed by atoms with Crippen molar-refractivity contribution >= 4 is 5.97 Å². The highest BCUT2D eigenvalue weighted by Crippen LogP contribution is 2.19. The van der Waals surface area contributed by atoms with Gasteiger partial charge in [0.2, 0.25) is 0 Å². The Labute approximate surface area is 97.4 Å². The third-order valence-corrected chi connectivity index (χ3v) is 2.69. The summed E-state index contributed by atoms with van der Waals surface area (Å²) in [5.41, 5.74) is -0.522. The first kappa shape index (κ1) is 13.5. The maximum absolute atomic E-state index is 11.5. The number of rotatable bonds is 3. The van der Waals surface area contributed by atoms with Gasteiger partial charge >= 0.3 is 5.97 Å². The van der Waals surface area contributed by atoms with Gasteiger partial charge in [-0.3, -0.25) is 0 Å². The van der Waals surface area contributed by atoms with E-state index in [4.69, 9.17) is 4.74 Å². The van der Waals surface area contributed by atoms with Gasteiger partial charge in [0.15, 0.2) is 6.10 Å². The van der Waals surface area contributed by atoms with E-state index in [0.717, 1.165) is 25.9 Å². The Hall–Kier alpha value is -0.610. The average molecular weight is 229 g/mol. The first-order valence-electron chi connectivity index (χ1n) is 6.00. The Morgan fingerprint density at radius 1 is 1.44 bits per heavy atom. The first-order chi connectivity index (χ1) is 7.38. The molecule has 1 aliphatic rings. The van der Waals surface area contributed by atoms with Crippen LogP contribution in [0.2, 0.25) is 0 Å². The van der Waals surface area contributed by atoms with Crippen LogP contribution in [-0.2, 0) is 9.53 Å². The number of esters is 1. The molecule has 4 nitrogen and oxygen atoms in total. The van der Waals surface area contributed by atoms with Crippen LogP contribution in [0.1, 0.15) is 40.0 Å². The molecule has 1 fully saturated rings. The summed E-state index contributed by atoms with van der Waals surface area (Å²) >= 11 is 0. The molecule has 1 aliphatic heterocycles. The second-order valence-corrected chi connectivity index (χ2v) is 5.48. The number of piperidine rings is 1. The zero-order chi connectivity index (χ0) is 12.2. The first-order valence-corrected chi connectivity index (χ1v) is 6.00. The maximum atomic E-state index is 11.5. The van der Waals surface area contributed by atoms with Crippen LogP contribution in [0.4, 0.5) is 0 Å². The van der Waals surface area contributed by atoms with Gasteiger partial charge in [0, 0.05) is 0 Å². The third-order valence-electron chi connectivity index (χ3n) is 2.69. The van der Waals surface area contributed by atoms with Crippen LogP contribution >= 0.6 is 0 Å². The fourth-order valence-electron chi connectivity index (χ4n) is 1.90. The predicted octanol–water partition coefficient (Wildman–Crippen LogP) is 1.08. The van der Waals surface area contributed by atoms with Crippen LogP contribution in [0.5, 0.6) is 0 Å². The lowest BCUT2D eigenvalue weighted by molar-refractivity contribution is -0.166. The summed E-state index contributed by atoms with van der Waals surface area (Å²) in [5.74, 6) is -0.0604. The molecule has 0 amide bonds. The monoisotopic (exact) mass is 229 g/mol. The zero-order valence-electron chi connectivity index (χ0n) is 10.5. The fourth-order valence-corrected chi connectivity index (χ4v) is 1.90.